The Morgan fingerprint density at radius 2 is 2.11 bits per heavy atom. The first kappa shape index (κ1) is 13.2. The van der Waals surface area contributed by atoms with Crippen molar-refractivity contribution in [1.82, 2.24) is 0 Å². The van der Waals surface area contributed by atoms with E-state index >= 15 is 0 Å². The molecule has 1 aromatic rings. The van der Waals surface area contributed by atoms with Crippen molar-refractivity contribution in [2.45, 2.75) is 31.6 Å². The number of carbonyl (C=O) groups excluding carboxylic acids is 1. The van der Waals surface area contributed by atoms with Crippen LogP contribution in [-0.2, 0) is 4.79 Å². The van der Waals surface area contributed by atoms with Crippen LogP contribution in [0.15, 0.2) is 29.8 Å². The average Bonchev–Trinajstić information content (AvgIpc) is 2.38. The number of halogens is 1. The van der Waals surface area contributed by atoms with Gasteiger partial charge in [-0.3, -0.25) is 4.79 Å². The molecule has 1 atom stereocenters. The molecular weight excluding hydrogens is 248 g/mol. The standard InChI is InChI=1S/C15H17ClO2/c1-2-18-13-8-6-11(7-9-13)10-12-4-3-5-14(16)15(12)17/h6-10,14H,2-5H2,1H3. The molecule has 0 amide bonds. The molecule has 0 aliphatic heterocycles. The minimum atomic E-state index is -0.340. The SMILES string of the molecule is CCOc1ccc(C=C2CCCC(Cl)C2=O)cc1. The number of carbonyl (C=O) groups is 1. The maximum absolute atomic E-state index is 11.9. The molecule has 0 saturated heterocycles. The number of Topliss-reactive ketones (excluding diaryl/α,β-unsaturated/α-hetero) is 1. The third-order valence-corrected chi connectivity index (χ3v) is 3.45. The van der Waals surface area contributed by atoms with Crippen molar-refractivity contribution in [3.63, 3.8) is 0 Å². The molecule has 2 rings (SSSR count). The smallest absolute Gasteiger partial charge is 0.176 e. The van der Waals surface area contributed by atoms with Crippen molar-refractivity contribution in [3.05, 3.63) is 35.4 Å². The Balaban J connectivity index is 2.14. The summed E-state index contributed by atoms with van der Waals surface area (Å²) in [6, 6.07) is 7.76. The molecule has 1 fully saturated rings. The summed E-state index contributed by atoms with van der Waals surface area (Å²) >= 11 is 5.98. The van der Waals surface area contributed by atoms with Crippen molar-refractivity contribution in [1.29, 1.82) is 0 Å². The van der Waals surface area contributed by atoms with Crippen LogP contribution in [0.3, 0.4) is 0 Å². The van der Waals surface area contributed by atoms with Gasteiger partial charge < -0.3 is 4.74 Å². The predicted octanol–water partition coefficient (Wildman–Crippen LogP) is 3.83. The van der Waals surface area contributed by atoms with Crippen LogP contribution in [0.1, 0.15) is 31.7 Å². The second-order valence-electron chi connectivity index (χ2n) is 4.40. The monoisotopic (exact) mass is 264 g/mol. The zero-order valence-corrected chi connectivity index (χ0v) is 11.2. The van der Waals surface area contributed by atoms with Gasteiger partial charge in [-0.2, -0.15) is 0 Å². The van der Waals surface area contributed by atoms with Crippen LogP contribution in [0, 0.1) is 0 Å². The summed E-state index contributed by atoms with van der Waals surface area (Å²) in [7, 11) is 0. The highest BCUT2D eigenvalue weighted by Crippen LogP contribution is 2.26. The molecule has 0 N–H and O–H groups in total. The number of ketones is 1. The summed E-state index contributed by atoms with van der Waals surface area (Å²) in [6.45, 7) is 2.62. The van der Waals surface area contributed by atoms with Gasteiger partial charge in [0.15, 0.2) is 5.78 Å². The van der Waals surface area contributed by atoms with Crippen LogP contribution in [0.5, 0.6) is 5.75 Å². The molecule has 2 nitrogen and oxygen atoms in total. The molecule has 96 valence electrons. The van der Waals surface area contributed by atoms with Crippen molar-refractivity contribution in [2.75, 3.05) is 6.61 Å². The van der Waals surface area contributed by atoms with Gasteiger partial charge in [-0.15, -0.1) is 11.6 Å². The zero-order chi connectivity index (χ0) is 13.0. The van der Waals surface area contributed by atoms with Gasteiger partial charge in [0.1, 0.15) is 5.75 Å². The lowest BCUT2D eigenvalue weighted by Gasteiger charge is -2.17. The Hall–Kier alpha value is -1.28. The molecule has 1 aliphatic carbocycles. The fraction of sp³-hybridized carbons (Fsp3) is 0.400. The number of benzene rings is 1. The van der Waals surface area contributed by atoms with Crippen molar-refractivity contribution in [2.24, 2.45) is 0 Å². The van der Waals surface area contributed by atoms with Gasteiger partial charge in [0.05, 0.1) is 12.0 Å². The van der Waals surface area contributed by atoms with E-state index in [1.54, 1.807) is 0 Å². The Kier molecular flexibility index (Phi) is 4.43. The highest BCUT2D eigenvalue weighted by molar-refractivity contribution is 6.34. The maximum atomic E-state index is 11.9. The molecule has 1 aromatic carbocycles. The fourth-order valence-corrected chi connectivity index (χ4v) is 2.39. The molecular formula is C15H17ClO2. The van der Waals surface area contributed by atoms with E-state index in [2.05, 4.69) is 0 Å². The summed E-state index contributed by atoms with van der Waals surface area (Å²) in [6.07, 6.45) is 4.55. The first-order valence-corrected chi connectivity index (χ1v) is 6.76. The molecule has 0 heterocycles. The topological polar surface area (TPSA) is 26.3 Å². The molecule has 0 spiro atoms. The van der Waals surface area contributed by atoms with E-state index in [0.29, 0.717) is 6.61 Å². The van der Waals surface area contributed by atoms with Gasteiger partial charge >= 0.3 is 0 Å². The zero-order valence-electron chi connectivity index (χ0n) is 10.5. The lowest BCUT2D eigenvalue weighted by molar-refractivity contribution is -0.116. The van der Waals surface area contributed by atoms with Crippen LogP contribution in [-0.4, -0.2) is 17.8 Å². The highest BCUT2D eigenvalue weighted by atomic mass is 35.5. The van der Waals surface area contributed by atoms with Crippen LogP contribution in [0.25, 0.3) is 6.08 Å². The van der Waals surface area contributed by atoms with Crippen molar-refractivity contribution >= 4 is 23.5 Å². The second-order valence-corrected chi connectivity index (χ2v) is 4.92. The Bertz CT molecular complexity index is 448. The highest BCUT2D eigenvalue weighted by Gasteiger charge is 2.24. The van der Waals surface area contributed by atoms with Gasteiger partial charge in [0.25, 0.3) is 0 Å². The van der Waals surface area contributed by atoms with E-state index in [1.165, 1.54) is 0 Å². The van der Waals surface area contributed by atoms with Crippen molar-refractivity contribution in [3.8, 4) is 5.75 Å². The number of hydrogen-bond acceptors (Lipinski definition) is 2. The third kappa shape index (κ3) is 3.14. The number of hydrogen-bond donors (Lipinski definition) is 0. The number of ether oxygens (including phenoxy) is 1. The third-order valence-electron chi connectivity index (χ3n) is 3.04. The van der Waals surface area contributed by atoms with Crippen LogP contribution in [0.4, 0.5) is 0 Å². The van der Waals surface area contributed by atoms with E-state index in [4.69, 9.17) is 16.3 Å². The molecule has 0 aromatic heterocycles. The van der Waals surface area contributed by atoms with E-state index in [0.717, 1.165) is 36.1 Å². The summed E-state index contributed by atoms with van der Waals surface area (Å²) in [5.41, 5.74) is 1.86. The van der Waals surface area contributed by atoms with Crippen LogP contribution < -0.4 is 4.74 Å². The van der Waals surface area contributed by atoms with E-state index in [1.807, 2.05) is 37.3 Å². The molecule has 0 radical (unpaired) electrons. The number of allylic oxidation sites excluding steroid dienone is 1. The van der Waals surface area contributed by atoms with Crippen molar-refractivity contribution < 1.29 is 9.53 Å². The first-order valence-electron chi connectivity index (χ1n) is 6.32. The molecule has 1 aliphatic rings. The van der Waals surface area contributed by atoms with Gasteiger partial charge in [0, 0.05) is 0 Å². The van der Waals surface area contributed by atoms with Gasteiger partial charge in [-0.25, -0.2) is 0 Å². The van der Waals surface area contributed by atoms with E-state index in [9.17, 15) is 4.79 Å². The number of rotatable bonds is 3. The largest absolute Gasteiger partial charge is 0.494 e. The van der Waals surface area contributed by atoms with E-state index in [-0.39, 0.29) is 11.2 Å². The lowest BCUT2D eigenvalue weighted by Crippen LogP contribution is -2.21. The van der Waals surface area contributed by atoms with Crippen LogP contribution in [0.2, 0.25) is 0 Å². The van der Waals surface area contributed by atoms with Gasteiger partial charge in [-0.05, 0) is 55.5 Å². The normalized spacial score (nSPS) is 22.2. The molecule has 1 saturated carbocycles. The number of alkyl halides is 1. The maximum Gasteiger partial charge on any atom is 0.176 e. The average molecular weight is 265 g/mol. The first-order chi connectivity index (χ1) is 8.70. The molecule has 1 unspecified atom stereocenters. The second kappa shape index (κ2) is 6.05. The van der Waals surface area contributed by atoms with Gasteiger partial charge in [-0.1, -0.05) is 12.1 Å². The summed E-state index contributed by atoms with van der Waals surface area (Å²) < 4.78 is 5.38. The summed E-state index contributed by atoms with van der Waals surface area (Å²) in [5, 5.41) is -0.340. The van der Waals surface area contributed by atoms with E-state index < -0.39 is 0 Å². The van der Waals surface area contributed by atoms with Gasteiger partial charge in [0.2, 0.25) is 0 Å². The quantitative estimate of drug-likeness (QED) is 0.613. The Morgan fingerprint density at radius 3 is 2.78 bits per heavy atom. The summed E-state index contributed by atoms with van der Waals surface area (Å²) in [4.78, 5) is 11.9. The Morgan fingerprint density at radius 1 is 1.39 bits per heavy atom. The molecule has 18 heavy (non-hydrogen) atoms. The summed E-state index contributed by atoms with van der Waals surface area (Å²) in [5.74, 6) is 0.932. The lowest BCUT2D eigenvalue weighted by atomic mass is 9.91. The van der Waals surface area contributed by atoms with Crippen LogP contribution >= 0.6 is 11.6 Å². The fourth-order valence-electron chi connectivity index (χ4n) is 2.10. The minimum absolute atomic E-state index is 0.0804. The molecule has 0 bridgehead atoms. The molecule has 3 heteroatoms. The predicted molar refractivity (Wildman–Crippen MR) is 74.1 cm³/mol. The minimum Gasteiger partial charge on any atom is -0.494 e. The Labute approximate surface area is 113 Å².